The van der Waals surface area contributed by atoms with Gasteiger partial charge in [-0.1, -0.05) is 37.5 Å². The van der Waals surface area contributed by atoms with Crippen molar-refractivity contribution in [3.8, 4) is 0 Å². The number of hydrogen-bond donors (Lipinski definition) is 1. The largest absolute Gasteiger partial charge is 0.448 e. The van der Waals surface area contributed by atoms with Gasteiger partial charge in [-0.25, -0.2) is 4.79 Å². The zero-order chi connectivity index (χ0) is 18.5. The molecule has 0 saturated carbocycles. The summed E-state index contributed by atoms with van der Waals surface area (Å²) < 4.78 is 33.0. The van der Waals surface area contributed by atoms with Crippen LogP contribution in [0.25, 0.3) is 0 Å². The Morgan fingerprint density at radius 1 is 1.16 bits per heavy atom. The van der Waals surface area contributed by atoms with Crippen molar-refractivity contribution in [3.63, 3.8) is 0 Å². The molecule has 7 heteroatoms. The molecule has 0 aliphatic heterocycles. The highest BCUT2D eigenvalue weighted by Crippen LogP contribution is 2.12. The van der Waals surface area contributed by atoms with Gasteiger partial charge in [-0.05, 0) is 44.1 Å². The number of amides is 1. The molecule has 1 rings (SSSR count). The van der Waals surface area contributed by atoms with Gasteiger partial charge in [0.15, 0.2) is 0 Å². The third-order valence-electron chi connectivity index (χ3n) is 3.23. The van der Waals surface area contributed by atoms with Gasteiger partial charge in [0.2, 0.25) is 0 Å². The highest BCUT2D eigenvalue weighted by Gasteiger charge is 2.17. The number of benzene rings is 1. The molecular formula is C18H25NO5S. The van der Waals surface area contributed by atoms with Crippen molar-refractivity contribution < 1.29 is 22.2 Å². The first-order chi connectivity index (χ1) is 12.0. The molecule has 138 valence electrons. The van der Waals surface area contributed by atoms with E-state index in [0.717, 1.165) is 18.4 Å². The zero-order valence-electron chi connectivity index (χ0n) is 14.7. The second-order valence-electron chi connectivity index (χ2n) is 5.45. The number of ether oxygens (including phenoxy) is 1. The van der Waals surface area contributed by atoms with E-state index in [4.69, 9.17) is 4.74 Å². The van der Waals surface area contributed by atoms with Crippen molar-refractivity contribution in [1.29, 1.82) is 0 Å². The van der Waals surface area contributed by atoms with Crippen molar-refractivity contribution in [1.82, 2.24) is 5.48 Å². The molecule has 0 atom stereocenters. The van der Waals surface area contributed by atoms with E-state index in [-0.39, 0.29) is 11.5 Å². The van der Waals surface area contributed by atoms with Crippen LogP contribution in [0.15, 0.2) is 47.0 Å². The number of aryl methyl sites for hydroxylation is 1. The fourth-order valence-corrected chi connectivity index (χ4v) is 2.57. The normalized spacial score (nSPS) is 10.6. The predicted molar refractivity (Wildman–Crippen MR) is 95.3 cm³/mol. The lowest BCUT2D eigenvalue weighted by Crippen LogP contribution is -2.28. The van der Waals surface area contributed by atoms with Gasteiger partial charge >= 0.3 is 16.2 Å². The van der Waals surface area contributed by atoms with E-state index in [2.05, 4.69) is 16.9 Å². The van der Waals surface area contributed by atoms with Crippen molar-refractivity contribution in [3.05, 3.63) is 47.7 Å². The van der Waals surface area contributed by atoms with E-state index in [0.29, 0.717) is 6.42 Å². The first-order valence-corrected chi connectivity index (χ1v) is 9.69. The molecule has 1 amide bonds. The van der Waals surface area contributed by atoms with Crippen molar-refractivity contribution in [2.45, 2.75) is 50.8 Å². The lowest BCUT2D eigenvalue weighted by molar-refractivity contribution is 0.104. The molecule has 1 N–H and O–H groups in total. The van der Waals surface area contributed by atoms with Crippen LogP contribution in [0.5, 0.6) is 0 Å². The van der Waals surface area contributed by atoms with Crippen LogP contribution in [0.3, 0.4) is 0 Å². The van der Waals surface area contributed by atoms with Crippen LogP contribution in [0.1, 0.15) is 44.6 Å². The summed E-state index contributed by atoms with van der Waals surface area (Å²) in [4.78, 5) is 11.4. The summed E-state index contributed by atoms with van der Waals surface area (Å²) in [6.07, 6.45) is 7.75. The van der Waals surface area contributed by atoms with Gasteiger partial charge in [-0.3, -0.25) is 0 Å². The first-order valence-electron chi connectivity index (χ1n) is 8.28. The van der Waals surface area contributed by atoms with E-state index in [1.807, 2.05) is 13.0 Å². The lowest BCUT2D eigenvalue weighted by atomic mass is 10.2. The van der Waals surface area contributed by atoms with E-state index < -0.39 is 16.2 Å². The fourth-order valence-electron chi connectivity index (χ4n) is 1.83. The third kappa shape index (κ3) is 9.10. The zero-order valence-corrected chi connectivity index (χ0v) is 15.5. The van der Waals surface area contributed by atoms with Gasteiger partial charge in [-0.2, -0.15) is 13.9 Å². The molecular weight excluding hydrogens is 342 g/mol. The number of hydroxylamine groups is 1. The lowest BCUT2D eigenvalue weighted by Gasteiger charge is -2.07. The fraction of sp³-hybridized carbons (Fsp3) is 0.444. The maximum atomic E-state index is 11.9. The Bertz CT molecular complexity index is 689. The monoisotopic (exact) mass is 367 g/mol. The van der Waals surface area contributed by atoms with Gasteiger partial charge < -0.3 is 4.74 Å². The Labute approximate surface area is 149 Å². The summed E-state index contributed by atoms with van der Waals surface area (Å²) in [5.74, 6) is 0. The molecule has 0 fully saturated rings. The maximum absolute atomic E-state index is 11.9. The highest BCUT2D eigenvalue weighted by atomic mass is 32.2. The van der Waals surface area contributed by atoms with Gasteiger partial charge in [0.25, 0.3) is 0 Å². The van der Waals surface area contributed by atoms with E-state index >= 15 is 0 Å². The van der Waals surface area contributed by atoms with Crippen LogP contribution in [0.4, 0.5) is 4.79 Å². The molecule has 0 unspecified atom stereocenters. The quantitative estimate of drug-likeness (QED) is 0.384. The number of nitrogens with one attached hydrogen (secondary N) is 1. The molecule has 0 spiro atoms. The Morgan fingerprint density at radius 3 is 2.52 bits per heavy atom. The Morgan fingerprint density at radius 2 is 1.84 bits per heavy atom. The Kier molecular flexibility index (Phi) is 9.62. The molecule has 0 radical (unpaired) electrons. The number of carbonyl (C=O) groups excluding carboxylic acids is 1. The molecule has 6 nitrogen and oxygen atoms in total. The van der Waals surface area contributed by atoms with Gasteiger partial charge in [-0.15, -0.1) is 10.0 Å². The average molecular weight is 367 g/mol. The summed E-state index contributed by atoms with van der Waals surface area (Å²) in [6, 6.07) is 6.07. The molecule has 1 aromatic carbocycles. The minimum Gasteiger partial charge on any atom is -0.448 e. The number of rotatable bonds is 10. The molecule has 0 aliphatic rings. The minimum atomic E-state index is -4.06. The molecule has 0 saturated heterocycles. The topological polar surface area (TPSA) is 81.7 Å². The van der Waals surface area contributed by atoms with Crippen LogP contribution < -0.4 is 5.48 Å². The summed E-state index contributed by atoms with van der Waals surface area (Å²) >= 11 is 0. The Hall–Kier alpha value is -2.08. The van der Waals surface area contributed by atoms with Crippen LogP contribution in [-0.4, -0.2) is 21.1 Å². The molecule has 25 heavy (non-hydrogen) atoms. The SMILES string of the molecule is CCCCCC=C=CCCOC(=O)NOS(=O)(=O)c1ccc(C)cc1. The van der Waals surface area contributed by atoms with Crippen molar-refractivity contribution >= 4 is 16.2 Å². The van der Waals surface area contributed by atoms with Crippen LogP contribution in [-0.2, 0) is 19.1 Å². The standard InChI is InChI=1S/C18H25NO5S/c1-3-4-5-6-7-8-9-10-15-23-18(20)19-24-25(21,22)17-13-11-16(2)12-14-17/h7,9,11-14H,3-6,10,15H2,1-2H3,(H,19,20). The smallest absolute Gasteiger partial charge is 0.432 e. The highest BCUT2D eigenvalue weighted by molar-refractivity contribution is 7.86. The summed E-state index contributed by atoms with van der Waals surface area (Å²) in [5.41, 5.74) is 5.70. The minimum absolute atomic E-state index is 0.0467. The first kappa shape index (κ1) is 21.0. The number of carbonyl (C=O) groups is 1. The third-order valence-corrected chi connectivity index (χ3v) is 4.38. The second-order valence-corrected chi connectivity index (χ2v) is 6.99. The van der Waals surface area contributed by atoms with Gasteiger partial charge in [0.05, 0.1) is 11.5 Å². The van der Waals surface area contributed by atoms with Gasteiger partial charge in [0, 0.05) is 6.42 Å². The summed E-state index contributed by atoms with van der Waals surface area (Å²) in [7, 11) is -4.06. The van der Waals surface area contributed by atoms with Gasteiger partial charge in [0.1, 0.15) is 0 Å². The van der Waals surface area contributed by atoms with Crippen molar-refractivity contribution in [2.24, 2.45) is 0 Å². The summed E-state index contributed by atoms with van der Waals surface area (Å²) in [5, 5.41) is 0. The van der Waals surface area contributed by atoms with Crippen LogP contribution >= 0.6 is 0 Å². The van der Waals surface area contributed by atoms with E-state index in [9.17, 15) is 13.2 Å². The predicted octanol–water partition coefficient (Wildman–Crippen LogP) is 4.02. The molecule has 0 aliphatic carbocycles. The number of hydrogen-bond acceptors (Lipinski definition) is 5. The second kappa shape index (κ2) is 11.5. The van der Waals surface area contributed by atoms with Crippen LogP contribution in [0.2, 0.25) is 0 Å². The number of unbranched alkanes of at least 4 members (excludes halogenated alkanes) is 3. The van der Waals surface area contributed by atoms with Crippen molar-refractivity contribution in [2.75, 3.05) is 6.61 Å². The Balaban J connectivity index is 2.26. The van der Waals surface area contributed by atoms with E-state index in [1.54, 1.807) is 23.7 Å². The molecule has 0 bridgehead atoms. The molecule has 0 aromatic heterocycles. The molecule has 1 aromatic rings. The van der Waals surface area contributed by atoms with E-state index in [1.165, 1.54) is 25.0 Å². The maximum Gasteiger partial charge on any atom is 0.432 e. The molecule has 0 heterocycles. The summed E-state index contributed by atoms with van der Waals surface area (Å²) in [6.45, 7) is 4.09. The average Bonchev–Trinajstić information content (AvgIpc) is 2.59. The van der Waals surface area contributed by atoms with Crippen LogP contribution in [0, 0.1) is 6.92 Å².